The quantitative estimate of drug-likeness (QED) is 0.798. The van der Waals surface area contributed by atoms with E-state index in [0.717, 1.165) is 57.7 Å². The maximum absolute atomic E-state index is 5.45. The molecule has 0 bridgehead atoms. The first kappa shape index (κ1) is 18.1. The number of ether oxygens (including phenoxy) is 1. The number of anilines is 2. The van der Waals surface area contributed by atoms with Gasteiger partial charge in [0.1, 0.15) is 5.82 Å². The van der Waals surface area contributed by atoms with Crippen LogP contribution in [0.1, 0.15) is 18.4 Å². The Balaban J connectivity index is 1.41. The normalized spacial score (nSPS) is 21.2. The highest BCUT2D eigenvalue weighted by molar-refractivity contribution is 5.44. The highest BCUT2D eigenvalue weighted by Crippen LogP contribution is 2.22. The van der Waals surface area contributed by atoms with Gasteiger partial charge in [0, 0.05) is 57.9 Å². The van der Waals surface area contributed by atoms with Crippen molar-refractivity contribution in [2.24, 2.45) is 0 Å². The molecule has 4 heterocycles. The second kappa shape index (κ2) is 8.63. The lowest BCUT2D eigenvalue weighted by molar-refractivity contribution is 0.122. The molecule has 2 aliphatic heterocycles. The molecule has 144 valence electrons. The molecule has 1 atom stereocenters. The monoisotopic (exact) mass is 368 g/mol. The van der Waals surface area contributed by atoms with Crippen LogP contribution in [-0.2, 0) is 11.3 Å². The fourth-order valence-electron chi connectivity index (χ4n) is 3.88. The summed E-state index contributed by atoms with van der Waals surface area (Å²) in [6.07, 6.45) is 8.03. The lowest BCUT2D eigenvalue weighted by Gasteiger charge is -2.38. The summed E-state index contributed by atoms with van der Waals surface area (Å²) in [5.41, 5.74) is 1.27. The molecular weight excluding hydrogens is 340 g/mol. The molecule has 1 unspecified atom stereocenters. The van der Waals surface area contributed by atoms with Crippen molar-refractivity contribution < 1.29 is 4.74 Å². The summed E-state index contributed by atoms with van der Waals surface area (Å²) in [4.78, 5) is 20.7. The number of aromatic nitrogens is 3. The maximum atomic E-state index is 5.45. The molecule has 2 saturated heterocycles. The van der Waals surface area contributed by atoms with Gasteiger partial charge in [0.15, 0.2) is 0 Å². The first-order valence-electron chi connectivity index (χ1n) is 9.79. The van der Waals surface area contributed by atoms with Crippen LogP contribution in [0.2, 0.25) is 0 Å². The van der Waals surface area contributed by atoms with E-state index in [1.54, 1.807) is 0 Å². The van der Waals surface area contributed by atoms with Crippen molar-refractivity contribution in [2.45, 2.75) is 25.4 Å². The molecule has 0 spiro atoms. The number of pyridine rings is 1. The highest BCUT2D eigenvalue weighted by atomic mass is 16.5. The number of hydrogen-bond acceptors (Lipinski definition) is 7. The van der Waals surface area contributed by atoms with Gasteiger partial charge in [-0.15, -0.1) is 0 Å². The third-order valence-corrected chi connectivity index (χ3v) is 5.44. The van der Waals surface area contributed by atoms with Crippen molar-refractivity contribution in [2.75, 3.05) is 56.2 Å². The highest BCUT2D eigenvalue weighted by Gasteiger charge is 2.25. The summed E-state index contributed by atoms with van der Waals surface area (Å²) in [5.74, 6) is 1.81. The smallest absolute Gasteiger partial charge is 0.227 e. The molecule has 0 radical (unpaired) electrons. The number of morpholine rings is 1. The van der Waals surface area contributed by atoms with Gasteiger partial charge >= 0.3 is 0 Å². The third kappa shape index (κ3) is 4.54. The molecule has 0 saturated carbocycles. The molecule has 2 aromatic rings. The van der Waals surface area contributed by atoms with Gasteiger partial charge in [0.25, 0.3) is 0 Å². The zero-order chi connectivity index (χ0) is 18.5. The number of rotatable bonds is 5. The van der Waals surface area contributed by atoms with E-state index in [-0.39, 0.29) is 0 Å². The Morgan fingerprint density at radius 2 is 2.07 bits per heavy atom. The minimum atomic E-state index is 0.426. The van der Waals surface area contributed by atoms with Crippen LogP contribution in [-0.4, -0.2) is 72.3 Å². The van der Waals surface area contributed by atoms with E-state index in [1.165, 1.54) is 18.4 Å². The first-order valence-corrected chi connectivity index (χ1v) is 9.79. The van der Waals surface area contributed by atoms with Gasteiger partial charge in [-0.3, -0.25) is 9.88 Å². The van der Waals surface area contributed by atoms with Gasteiger partial charge in [0.05, 0.1) is 13.2 Å². The van der Waals surface area contributed by atoms with E-state index in [2.05, 4.69) is 37.8 Å². The van der Waals surface area contributed by atoms with Crippen molar-refractivity contribution in [1.82, 2.24) is 19.9 Å². The Morgan fingerprint density at radius 3 is 2.89 bits per heavy atom. The summed E-state index contributed by atoms with van der Waals surface area (Å²) in [6.45, 7) is 6.42. The molecule has 4 rings (SSSR count). The van der Waals surface area contributed by atoms with Crippen LogP contribution in [0.3, 0.4) is 0 Å². The molecule has 2 fully saturated rings. The lowest BCUT2D eigenvalue weighted by Crippen LogP contribution is -2.47. The van der Waals surface area contributed by atoms with E-state index < -0.39 is 0 Å². The van der Waals surface area contributed by atoms with Gasteiger partial charge in [-0.25, -0.2) is 4.98 Å². The van der Waals surface area contributed by atoms with Gasteiger partial charge in [-0.2, -0.15) is 4.98 Å². The summed E-state index contributed by atoms with van der Waals surface area (Å²) in [6, 6.07) is 6.58. The van der Waals surface area contributed by atoms with E-state index in [4.69, 9.17) is 9.72 Å². The van der Waals surface area contributed by atoms with Crippen molar-refractivity contribution in [3.05, 3.63) is 42.4 Å². The zero-order valence-corrected chi connectivity index (χ0v) is 16.0. The number of likely N-dealkylation sites (N-methyl/N-ethyl adjacent to an activating group) is 1. The molecule has 7 nitrogen and oxygen atoms in total. The van der Waals surface area contributed by atoms with Crippen LogP contribution < -0.4 is 9.80 Å². The molecule has 0 amide bonds. The summed E-state index contributed by atoms with van der Waals surface area (Å²) < 4.78 is 5.45. The third-order valence-electron chi connectivity index (χ3n) is 5.44. The van der Waals surface area contributed by atoms with Gasteiger partial charge in [-0.1, -0.05) is 6.07 Å². The second-order valence-corrected chi connectivity index (χ2v) is 7.32. The number of hydrogen-bond donors (Lipinski definition) is 0. The summed E-state index contributed by atoms with van der Waals surface area (Å²) >= 11 is 0. The number of piperidine rings is 1. The topological polar surface area (TPSA) is 57.6 Å². The Morgan fingerprint density at radius 1 is 1.19 bits per heavy atom. The van der Waals surface area contributed by atoms with Gasteiger partial charge in [0.2, 0.25) is 5.95 Å². The van der Waals surface area contributed by atoms with E-state index in [1.807, 2.05) is 30.7 Å². The molecule has 0 aromatic carbocycles. The lowest BCUT2D eigenvalue weighted by atomic mass is 10.0. The van der Waals surface area contributed by atoms with Crippen LogP contribution in [0.5, 0.6) is 0 Å². The number of nitrogens with zero attached hydrogens (tertiary/aromatic N) is 6. The maximum Gasteiger partial charge on any atom is 0.227 e. The Labute approximate surface area is 161 Å². The van der Waals surface area contributed by atoms with Crippen molar-refractivity contribution in [3.63, 3.8) is 0 Å². The average molecular weight is 368 g/mol. The summed E-state index contributed by atoms with van der Waals surface area (Å²) in [7, 11) is 2.12. The molecule has 2 aliphatic rings. The average Bonchev–Trinajstić information content (AvgIpc) is 2.75. The summed E-state index contributed by atoms with van der Waals surface area (Å²) in [5, 5.41) is 0. The Kier molecular flexibility index (Phi) is 5.79. The minimum Gasteiger partial charge on any atom is -0.378 e. The molecule has 2 aromatic heterocycles. The van der Waals surface area contributed by atoms with Crippen LogP contribution in [0.25, 0.3) is 0 Å². The predicted octanol–water partition coefficient (Wildman–Crippen LogP) is 1.81. The standard InChI is InChI=1S/C20H28N6O/c1-24(20-22-8-6-19(23-20)26-10-12-27-13-11-26)18-5-3-9-25(16-18)15-17-4-2-7-21-14-17/h2,4,6-8,14,18H,3,5,9-13,15-16H2,1H3. The van der Waals surface area contributed by atoms with Crippen LogP contribution in [0.4, 0.5) is 11.8 Å². The van der Waals surface area contributed by atoms with Crippen LogP contribution in [0, 0.1) is 0 Å². The largest absolute Gasteiger partial charge is 0.378 e. The molecule has 0 aliphatic carbocycles. The Bertz CT molecular complexity index is 721. The zero-order valence-electron chi connectivity index (χ0n) is 16.0. The minimum absolute atomic E-state index is 0.426. The van der Waals surface area contributed by atoms with E-state index >= 15 is 0 Å². The van der Waals surface area contributed by atoms with Crippen LogP contribution in [0.15, 0.2) is 36.8 Å². The van der Waals surface area contributed by atoms with Gasteiger partial charge in [-0.05, 0) is 37.1 Å². The van der Waals surface area contributed by atoms with Gasteiger partial charge < -0.3 is 14.5 Å². The number of likely N-dealkylation sites (tertiary alicyclic amines) is 1. The molecule has 0 N–H and O–H groups in total. The fraction of sp³-hybridized carbons (Fsp3) is 0.550. The van der Waals surface area contributed by atoms with E-state index in [0.29, 0.717) is 6.04 Å². The second-order valence-electron chi connectivity index (χ2n) is 7.32. The molecule has 27 heavy (non-hydrogen) atoms. The molecule has 7 heteroatoms. The first-order chi connectivity index (χ1) is 13.3. The van der Waals surface area contributed by atoms with Crippen molar-refractivity contribution >= 4 is 11.8 Å². The van der Waals surface area contributed by atoms with E-state index in [9.17, 15) is 0 Å². The van der Waals surface area contributed by atoms with Crippen molar-refractivity contribution in [3.8, 4) is 0 Å². The fourth-order valence-corrected chi connectivity index (χ4v) is 3.88. The van der Waals surface area contributed by atoms with Crippen LogP contribution >= 0.6 is 0 Å². The van der Waals surface area contributed by atoms with Crippen molar-refractivity contribution in [1.29, 1.82) is 0 Å². The predicted molar refractivity (Wildman–Crippen MR) is 106 cm³/mol. The molecular formula is C20H28N6O. The SMILES string of the molecule is CN(c1nccc(N2CCOCC2)n1)C1CCCN(Cc2cccnc2)C1. The Hall–Kier alpha value is -2.25.